The Hall–Kier alpha value is -1.59. The average Bonchev–Trinajstić information content (AvgIpc) is 3.09. The molecule has 3 rings (SSSR count). The summed E-state index contributed by atoms with van der Waals surface area (Å²) in [5.41, 5.74) is 0.748. The molecule has 5 nitrogen and oxygen atoms in total. The van der Waals surface area contributed by atoms with Gasteiger partial charge in [-0.25, -0.2) is 0 Å². The first-order valence-electron chi connectivity index (χ1n) is 8.15. The van der Waals surface area contributed by atoms with Crippen LogP contribution in [0.4, 0.5) is 5.69 Å². The van der Waals surface area contributed by atoms with Gasteiger partial charge in [0.15, 0.2) is 0 Å². The van der Waals surface area contributed by atoms with E-state index in [0.29, 0.717) is 18.1 Å². The molecule has 0 bridgehead atoms. The van der Waals surface area contributed by atoms with Crippen LogP contribution < -0.4 is 4.90 Å². The normalized spacial score (nSPS) is 20.9. The third-order valence-corrected chi connectivity index (χ3v) is 5.04. The van der Waals surface area contributed by atoms with E-state index in [2.05, 4.69) is 0 Å². The van der Waals surface area contributed by atoms with Crippen molar-refractivity contribution in [2.24, 2.45) is 0 Å². The predicted octanol–water partition coefficient (Wildman–Crippen LogP) is 2.00. The van der Waals surface area contributed by atoms with Gasteiger partial charge in [-0.15, -0.1) is 0 Å². The molecule has 2 aliphatic rings. The fourth-order valence-electron chi connectivity index (χ4n) is 3.31. The van der Waals surface area contributed by atoms with Gasteiger partial charge in [-0.3, -0.25) is 14.5 Å². The molecule has 124 valence electrons. The number of carbonyl (C=O) groups excluding carboxylic acids is 2. The Balaban J connectivity index is 1.65. The second kappa shape index (κ2) is 6.89. The summed E-state index contributed by atoms with van der Waals surface area (Å²) < 4.78 is 0. The molecule has 2 saturated heterocycles. The summed E-state index contributed by atoms with van der Waals surface area (Å²) in [6.07, 6.45) is 2.16. The highest BCUT2D eigenvalue weighted by Crippen LogP contribution is 2.27. The van der Waals surface area contributed by atoms with Crippen LogP contribution in [0.15, 0.2) is 24.3 Å². The standard InChI is InChI=1S/C17H22ClN3O2/c1-13(17(23)19-8-4-5-9-19)20-10-11-21(16(22)12-20)15-7-3-2-6-14(15)18/h2-3,6-7,13H,4-5,8-12H2,1H3. The SMILES string of the molecule is CC(C(=O)N1CCCC1)N1CCN(c2ccccc2Cl)C(=O)C1. The fraction of sp³-hybridized carbons (Fsp3) is 0.529. The van der Waals surface area contributed by atoms with Crippen molar-refractivity contribution >= 4 is 29.1 Å². The molecule has 2 fully saturated rings. The summed E-state index contributed by atoms with van der Waals surface area (Å²) >= 11 is 6.19. The molecule has 0 spiro atoms. The van der Waals surface area contributed by atoms with Crippen LogP contribution in [0, 0.1) is 0 Å². The molecular weight excluding hydrogens is 314 g/mol. The molecule has 1 atom stereocenters. The van der Waals surface area contributed by atoms with Gasteiger partial charge in [0.25, 0.3) is 0 Å². The van der Waals surface area contributed by atoms with Gasteiger partial charge < -0.3 is 9.80 Å². The van der Waals surface area contributed by atoms with E-state index in [0.717, 1.165) is 31.6 Å². The average molecular weight is 336 g/mol. The van der Waals surface area contributed by atoms with E-state index >= 15 is 0 Å². The molecule has 0 saturated carbocycles. The Bertz CT molecular complexity index is 601. The van der Waals surface area contributed by atoms with Gasteiger partial charge in [-0.2, -0.15) is 0 Å². The Morgan fingerprint density at radius 2 is 1.83 bits per heavy atom. The van der Waals surface area contributed by atoms with Crippen molar-refractivity contribution in [3.8, 4) is 0 Å². The van der Waals surface area contributed by atoms with Crippen LogP contribution in [0.25, 0.3) is 0 Å². The molecule has 0 aromatic heterocycles. The maximum Gasteiger partial charge on any atom is 0.241 e. The largest absolute Gasteiger partial charge is 0.341 e. The minimum Gasteiger partial charge on any atom is -0.341 e. The van der Waals surface area contributed by atoms with E-state index in [4.69, 9.17) is 11.6 Å². The van der Waals surface area contributed by atoms with Crippen molar-refractivity contribution in [1.82, 2.24) is 9.80 Å². The summed E-state index contributed by atoms with van der Waals surface area (Å²) in [5, 5.41) is 0.579. The Labute approximate surface area is 141 Å². The summed E-state index contributed by atoms with van der Waals surface area (Å²) in [4.78, 5) is 30.6. The summed E-state index contributed by atoms with van der Waals surface area (Å²) in [6, 6.07) is 7.12. The second-order valence-corrected chi connectivity index (χ2v) is 6.58. The number of rotatable bonds is 3. The van der Waals surface area contributed by atoms with Crippen LogP contribution in [0.5, 0.6) is 0 Å². The highest BCUT2D eigenvalue weighted by atomic mass is 35.5. The van der Waals surface area contributed by atoms with Gasteiger partial charge in [0, 0.05) is 26.2 Å². The van der Waals surface area contributed by atoms with Crippen molar-refractivity contribution in [3.63, 3.8) is 0 Å². The van der Waals surface area contributed by atoms with Crippen molar-refractivity contribution in [3.05, 3.63) is 29.3 Å². The lowest BCUT2D eigenvalue weighted by molar-refractivity contribution is -0.136. The maximum absolute atomic E-state index is 12.5. The minimum absolute atomic E-state index is 0.00887. The zero-order valence-corrected chi connectivity index (χ0v) is 14.1. The molecular formula is C17H22ClN3O2. The number of benzene rings is 1. The zero-order valence-electron chi connectivity index (χ0n) is 13.4. The number of hydrogen-bond acceptors (Lipinski definition) is 3. The van der Waals surface area contributed by atoms with Crippen LogP contribution in [0.2, 0.25) is 5.02 Å². The third kappa shape index (κ3) is 3.35. The fourth-order valence-corrected chi connectivity index (χ4v) is 3.54. The first-order valence-corrected chi connectivity index (χ1v) is 8.53. The van der Waals surface area contributed by atoms with E-state index in [1.807, 2.05) is 34.9 Å². The smallest absolute Gasteiger partial charge is 0.241 e. The zero-order chi connectivity index (χ0) is 16.4. The van der Waals surface area contributed by atoms with E-state index in [-0.39, 0.29) is 24.4 Å². The molecule has 1 aromatic carbocycles. The molecule has 2 aliphatic heterocycles. The third-order valence-electron chi connectivity index (χ3n) is 4.72. The Kier molecular flexibility index (Phi) is 4.87. The van der Waals surface area contributed by atoms with Gasteiger partial charge in [0.05, 0.1) is 23.3 Å². The number of carbonyl (C=O) groups is 2. The van der Waals surface area contributed by atoms with Crippen LogP contribution in [-0.2, 0) is 9.59 Å². The topological polar surface area (TPSA) is 43.9 Å². The summed E-state index contributed by atoms with van der Waals surface area (Å²) in [7, 11) is 0. The Morgan fingerprint density at radius 3 is 2.48 bits per heavy atom. The molecule has 1 aromatic rings. The van der Waals surface area contributed by atoms with Gasteiger partial charge in [0.1, 0.15) is 0 Å². The van der Waals surface area contributed by atoms with Gasteiger partial charge >= 0.3 is 0 Å². The van der Waals surface area contributed by atoms with Crippen LogP contribution >= 0.6 is 11.6 Å². The number of para-hydroxylation sites is 1. The van der Waals surface area contributed by atoms with Gasteiger partial charge in [-0.05, 0) is 31.9 Å². The van der Waals surface area contributed by atoms with Crippen molar-refractivity contribution < 1.29 is 9.59 Å². The lowest BCUT2D eigenvalue weighted by atomic mass is 10.2. The number of hydrogen-bond donors (Lipinski definition) is 0. The van der Waals surface area contributed by atoms with Crippen LogP contribution in [0.3, 0.4) is 0 Å². The molecule has 0 radical (unpaired) electrons. The molecule has 1 unspecified atom stereocenters. The summed E-state index contributed by atoms with van der Waals surface area (Å²) in [5.74, 6) is 0.131. The van der Waals surface area contributed by atoms with Gasteiger partial charge in [-0.1, -0.05) is 23.7 Å². The van der Waals surface area contributed by atoms with Crippen molar-refractivity contribution in [1.29, 1.82) is 0 Å². The summed E-state index contributed by atoms with van der Waals surface area (Å²) in [6.45, 7) is 5.08. The van der Waals surface area contributed by atoms with E-state index in [1.54, 1.807) is 11.0 Å². The molecule has 6 heteroatoms. The highest BCUT2D eigenvalue weighted by Gasteiger charge is 2.33. The van der Waals surface area contributed by atoms with E-state index < -0.39 is 0 Å². The number of amides is 2. The molecule has 0 N–H and O–H groups in total. The second-order valence-electron chi connectivity index (χ2n) is 6.18. The van der Waals surface area contributed by atoms with E-state index in [1.165, 1.54) is 0 Å². The Morgan fingerprint density at radius 1 is 1.13 bits per heavy atom. The monoisotopic (exact) mass is 335 g/mol. The van der Waals surface area contributed by atoms with Crippen molar-refractivity contribution in [2.45, 2.75) is 25.8 Å². The first kappa shape index (κ1) is 16.3. The van der Waals surface area contributed by atoms with Crippen LogP contribution in [-0.4, -0.2) is 60.4 Å². The maximum atomic E-state index is 12.5. The number of nitrogens with zero attached hydrogens (tertiary/aromatic N) is 3. The number of piperazine rings is 1. The van der Waals surface area contributed by atoms with Crippen LogP contribution in [0.1, 0.15) is 19.8 Å². The minimum atomic E-state index is -0.245. The predicted molar refractivity (Wildman–Crippen MR) is 90.7 cm³/mol. The highest BCUT2D eigenvalue weighted by molar-refractivity contribution is 6.33. The molecule has 0 aliphatic carbocycles. The molecule has 23 heavy (non-hydrogen) atoms. The molecule has 2 heterocycles. The van der Waals surface area contributed by atoms with Crippen molar-refractivity contribution in [2.75, 3.05) is 37.6 Å². The van der Waals surface area contributed by atoms with E-state index in [9.17, 15) is 9.59 Å². The quantitative estimate of drug-likeness (QED) is 0.848. The first-order chi connectivity index (χ1) is 11.1. The lowest BCUT2D eigenvalue weighted by Gasteiger charge is -2.38. The number of anilines is 1. The lowest BCUT2D eigenvalue weighted by Crippen LogP contribution is -2.56. The number of halogens is 1. The molecule has 2 amide bonds. The number of likely N-dealkylation sites (tertiary alicyclic amines) is 1. The van der Waals surface area contributed by atoms with Gasteiger partial charge in [0.2, 0.25) is 11.8 Å².